The summed E-state index contributed by atoms with van der Waals surface area (Å²) in [4.78, 5) is 29.3. The van der Waals surface area contributed by atoms with Gasteiger partial charge in [0.2, 0.25) is 11.8 Å². The molecule has 232 valence electrons. The molecule has 0 radical (unpaired) electrons. The third-order valence-corrected chi connectivity index (χ3v) is 9.65. The number of ether oxygens (including phenoxy) is 1. The Morgan fingerprint density at radius 3 is 2.30 bits per heavy atom. The Bertz CT molecular complexity index is 1800. The van der Waals surface area contributed by atoms with E-state index in [4.69, 9.17) is 4.74 Å². The van der Waals surface area contributed by atoms with Crippen LogP contribution in [-0.2, 0) is 14.3 Å². The summed E-state index contributed by atoms with van der Waals surface area (Å²) in [6, 6.07) is 35.0. The normalized spacial score (nSPS) is 22.6. The van der Waals surface area contributed by atoms with E-state index in [-0.39, 0.29) is 35.5 Å². The first-order chi connectivity index (χ1) is 22.5. The predicted molar refractivity (Wildman–Crippen MR) is 182 cm³/mol. The van der Waals surface area contributed by atoms with Crippen molar-refractivity contribution in [1.29, 1.82) is 0 Å². The van der Waals surface area contributed by atoms with Crippen LogP contribution in [0, 0.1) is 17.8 Å². The smallest absolute Gasteiger partial charge is 0.238 e. The predicted octanol–water partition coefficient (Wildman–Crippen LogP) is 8.39. The van der Waals surface area contributed by atoms with Gasteiger partial charge >= 0.3 is 0 Å². The number of benzene rings is 4. The monoisotopic (exact) mass is 610 g/mol. The number of hydrogen-bond donors (Lipinski definition) is 2. The second kappa shape index (κ2) is 12.8. The minimum atomic E-state index is -0.402. The molecule has 46 heavy (non-hydrogen) atoms. The Hall–Kier alpha value is -4.94. The van der Waals surface area contributed by atoms with Gasteiger partial charge < -0.3 is 15.2 Å². The summed E-state index contributed by atoms with van der Waals surface area (Å²) in [5, 5.41) is 13.4. The maximum absolute atomic E-state index is 14.0. The van der Waals surface area contributed by atoms with Crippen molar-refractivity contribution in [2.75, 3.05) is 16.8 Å². The van der Waals surface area contributed by atoms with Crippen LogP contribution in [0.4, 0.5) is 17.1 Å². The van der Waals surface area contributed by atoms with E-state index >= 15 is 0 Å². The molecule has 0 spiro atoms. The second-order valence-electron chi connectivity index (χ2n) is 12.4. The van der Waals surface area contributed by atoms with E-state index in [0.29, 0.717) is 18.7 Å². The molecule has 4 aromatic rings. The van der Waals surface area contributed by atoms with E-state index in [1.165, 1.54) is 16.0 Å². The molecule has 0 saturated carbocycles. The molecule has 2 amide bonds. The Morgan fingerprint density at radius 2 is 1.59 bits per heavy atom. The van der Waals surface area contributed by atoms with Gasteiger partial charge in [0.15, 0.2) is 0 Å². The molecule has 0 unspecified atom stereocenters. The molecular weight excluding hydrogens is 572 g/mol. The fraction of sp³-hybridized carbons (Fsp3) is 0.250. The van der Waals surface area contributed by atoms with Crippen LogP contribution in [0.3, 0.4) is 0 Å². The van der Waals surface area contributed by atoms with Gasteiger partial charge in [-0.2, -0.15) is 0 Å². The molecule has 0 bridgehead atoms. The third kappa shape index (κ3) is 5.77. The van der Waals surface area contributed by atoms with Crippen LogP contribution in [0.5, 0.6) is 5.75 Å². The number of nitrogens with one attached hydrogen (secondary N) is 1. The Labute approximate surface area is 270 Å². The molecule has 6 heteroatoms. The highest BCUT2D eigenvalue weighted by atomic mass is 16.5. The number of aromatic hydroxyl groups is 1. The highest BCUT2D eigenvalue weighted by Gasteiger charge is 2.57. The van der Waals surface area contributed by atoms with E-state index in [0.717, 1.165) is 47.3 Å². The molecule has 4 atom stereocenters. The number of anilines is 3. The number of phenolic OH excluding ortho intramolecular Hbond substituents is 1. The molecule has 0 aromatic heterocycles. The van der Waals surface area contributed by atoms with Gasteiger partial charge in [0, 0.05) is 17.3 Å². The summed E-state index contributed by atoms with van der Waals surface area (Å²) >= 11 is 0. The molecule has 2 aliphatic heterocycles. The van der Waals surface area contributed by atoms with Crippen molar-refractivity contribution in [2.24, 2.45) is 17.8 Å². The number of fused-ring (bicyclic) bond motifs is 3. The van der Waals surface area contributed by atoms with E-state index in [9.17, 15) is 14.7 Å². The topological polar surface area (TPSA) is 78.9 Å². The van der Waals surface area contributed by atoms with Crippen LogP contribution in [-0.4, -0.2) is 29.6 Å². The van der Waals surface area contributed by atoms with E-state index in [1.807, 2.05) is 84.9 Å². The van der Waals surface area contributed by atoms with Gasteiger partial charge in [-0.25, -0.2) is 0 Å². The Kier molecular flexibility index (Phi) is 8.29. The zero-order valence-corrected chi connectivity index (χ0v) is 25.9. The average Bonchev–Trinajstić information content (AvgIpc) is 3.61. The summed E-state index contributed by atoms with van der Waals surface area (Å²) < 4.78 is 6.48. The highest BCUT2D eigenvalue weighted by molar-refractivity contribution is 6.22. The summed E-state index contributed by atoms with van der Waals surface area (Å²) in [5.41, 5.74) is 8.21. The van der Waals surface area contributed by atoms with Gasteiger partial charge in [0.1, 0.15) is 5.75 Å². The van der Waals surface area contributed by atoms with Gasteiger partial charge in [0.05, 0.1) is 30.2 Å². The lowest BCUT2D eigenvalue weighted by atomic mass is 9.69. The second-order valence-corrected chi connectivity index (χ2v) is 12.4. The third-order valence-electron chi connectivity index (χ3n) is 9.65. The lowest BCUT2D eigenvalue weighted by molar-refractivity contribution is -0.122. The fourth-order valence-electron chi connectivity index (χ4n) is 7.50. The summed E-state index contributed by atoms with van der Waals surface area (Å²) in [6.07, 6.45) is 5.01. The van der Waals surface area contributed by atoms with Crippen molar-refractivity contribution in [3.63, 3.8) is 0 Å². The van der Waals surface area contributed by atoms with Gasteiger partial charge in [-0.05, 0) is 96.5 Å². The number of carbonyl (C=O) groups excluding carboxylic acids is 2. The largest absolute Gasteiger partial charge is 0.508 e. The van der Waals surface area contributed by atoms with E-state index < -0.39 is 5.92 Å². The lowest BCUT2D eigenvalue weighted by Gasteiger charge is -2.31. The Balaban J connectivity index is 1.10. The van der Waals surface area contributed by atoms with Crippen LogP contribution in [0.2, 0.25) is 0 Å². The van der Waals surface area contributed by atoms with Crippen molar-refractivity contribution in [1.82, 2.24) is 0 Å². The number of imide groups is 1. The minimum absolute atomic E-state index is 0.0885. The molecule has 6 nitrogen and oxygen atoms in total. The standard InChI is InChI=1S/C40H38N2O4/c1-2-27-24-34-38(40(45)42(39(34)44)32-19-17-31(18-20-32)41-30-13-7-4-8-14-30)35-25-46-36(37(27)35)21-16-29(28-11-5-3-6-12-28)22-26-10-9-15-33(43)23-26/h3-15,17-20,22-23,34-36,38,41,43H,2,16,21,24-25H2,1H3/b29-22-/t34-,35+,36-,38-/m1/s1. The van der Waals surface area contributed by atoms with Gasteiger partial charge in [-0.3, -0.25) is 14.5 Å². The van der Waals surface area contributed by atoms with Crippen LogP contribution in [0.1, 0.15) is 43.7 Å². The molecule has 7 rings (SSSR count). The molecule has 1 aliphatic carbocycles. The van der Waals surface area contributed by atoms with Crippen molar-refractivity contribution in [3.8, 4) is 5.75 Å². The molecule has 2 saturated heterocycles. The molecular formula is C40H38N2O4. The van der Waals surface area contributed by atoms with Gasteiger partial charge in [0.25, 0.3) is 0 Å². The number of carbonyl (C=O) groups is 2. The quantitative estimate of drug-likeness (QED) is 0.113. The van der Waals surface area contributed by atoms with Crippen molar-refractivity contribution < 1.29 is 19.4 Å². The van der Waals surface area contributed by atoms with Crippen LogP contribution in [0.15, 0.2) is 120 Å². The lowest BCUT2D eigenvalue weighted by Crippen LogP contribution is -2.34. The molecule has 2 N–H and O–H groups in total. The summed E-state index contributed by atoms with van der Waals surface area (Å²) in [6.45, 7) is 2.60. The zero-order chi connectivity index (χ0) is 31.6. The first-order valence-electron chi connectivity index (χ1n) is 16.2. The number of phenols is 1. The van der Waals surface area contributed by atoms with Gasteiger partial charge in [-0.15, -0.1) is 0 Å². The van der Waals surface area contributed by atoms with E-state index in [2.05, 4.69) is 30.4 Å². The maximum atomic E-state index is 14.0. The van der Waals surface area contributed by atoms with Crippen LogP contribution in [0.25, 0.3) is 11.6 Å². The number of hydrogen-bond acceptors (Lipinski definition) is 5. The van der Waals surface area contributed by atoms with Gasteiger partial charge in [-0.1, -0.05) is 79.2 Å². The Morgan fingerprint density at radius 1 is 0.870 bits per heavy atom. The molecule has 3 aliphatic rings. The maximum Gasteiger partial charge on any atom is 0.238 e. The first kappa shape index (κ1) is 29.8. The molecule has 2 heterocycles. The van der Waals surface area contributed by atoms with Crippen LogP contribution < -0.4 is 10.2 Å². The average molecular weight is 611 g/mol. The van der Waals surface area contributed by atoms with Crippen molar-refractivity contribution in [3.05, 3.63) is 131 Å². The highest BCUT2D eigenvalue weighted by Crippen LogP contribution is 2.51. The SMILES string of the molecule is CCC1=C2[C@@H](CC/C(=C/c3cccc(O)c3)c3ccccc3)OC[C@@H]2[C@@H]2C(=O)N(c3ccc(Nc4ccccc4)cc3)C(=O)[C@@H]2C1. The first-order valence-corrected chi connectivity index (χ1v) is 16.2. The molecule has 2 fully saturated rings. The number of para-hydroxylation sites is 1. The minimum Gasteiger partial charge on any atom is -0.508 e. The number of allylic oxidation sites excluding steroid dienone is 2. The van der Waals surface area contributed by atoms with Crippen LogP contribution >= 0.6 is 0 Å². The van der Waals surface area contributed by atoms with Crippen molar-refractivity contribution in [2.45, 2.75) is 38.7 Å². The summed E-state index contributed by atoms with van der Waals surface area (Å²) in [5.74, 6) is -0.828. The molecule has 4 aromatic carbocycles. The van der Waals surface area contributed by atoms with Crippen molar-refractivity contribution >= 4 is 40.5 Å². The number of amides is 2. The number of nitrogens with zero attached hydrogens (tertiary/aromatic N) is 1. The zero-order valence-electron chi connectivity index (χ0n) is 25.9. The fourth-order valence-corrected chi connectivity index (χ4v) is 7.50. The number of rotatable bonds is 9. The van der Waals surface area contributed by atoms with E-state index in [1.54, 1.807) is 12.1 Å². The summed E-state index contributed by atoms with van der Waals surface area (Å²) in [7, 11) is 0.